The Kier molecular flexibility index (Phi) is 4.51. The minimum atomic E-state index is -3.20. The van der Waals surface area contributed by atoms with Gasteiger partial charge in [0.1, 0.15) is 5.82 Å². The molecule has 0 aliphatic carbocycles. The summed E-state index contributed by atoms with van der Waals surface area (Å²) in [7, 11) is -1.28. The Bertz CT molecular complexity index is 779. The van der Waals surface area contributed by atoms with Crippen molar-refractivity contribution in [2.24, 2.45) is 7.05 Å². The van der Waals surface area contributed by atoms with Crippen molar-refractivity contribution in [2.45, 2.75) is 26.1 Å². The lowest BCUT2D eigenvalue weighted by Crippen LogP contribution is -2.27. The van der Waals surface area contributed by atoms with E-state index in [0.29, 0.717) is 0 Å². The van der Waals surface area contributed by atoms with E-state index in [1.807, 2.05) is 24.1 Å². The number of aryl methyl sites for hydroxylation is 1. The summed E-state index contributed by atoms with van der Waals surface area (Å²) in [4.78, 5) is 6.82. The summed E-state index contributed by atoms with van der Waals surface area (Å²) in [6.07, 6.45) is 7.72. The first-order valence-corrected chi connectivity index (χ1v) is 9.47. The number of nitrogens with zero attached hydrogens (tertiary/aromatic N) is 5. The van der Waals surface area contributed by atoms with E-state index in [1.54, 1.807) is 6.20 Å². The smallest absolute Gasteiger partial charge is 0.209 e. The third-order valence-corrected chi connectivity index (χ3v) is 4.66. The van der Waals surface area contributed by atoms with Gasteiger partial charge in [-0.1, -0.05) is 0 Å². The maximum absolute atomic E-state index is 11.3. The van der Waals surface area contributed by atoms with Crippen molar-refractivity contribution in [3.63, 3.8) is 0 Å². The highest BCUT2D eigenvalue weighted by Crippen LogP contribution is 2.13. The average Bonchev–Trinajstić information content (AvgIpc) is 2.99. The van der Waals surface area contributed by atoms with Crippen LogP contribution in [-0.4, -0.2) is 52.0 Å². The number of hydrogen-bond acceptors (Lipinski definition) is 5. The molecule has 0 unspecified atom stereocenters. The van der Waals surface area contributed by atoms with Crippen LogP contribution in [0.4, 0.5) is 0 Å². The van der Waals surface area contributed by atoms with Crippen LogP contribution in [0.5, 0.6) is 0 Å². The molecule has 0 aromatic carbocycles. The van der Waals surface area contributed by atoms with Gasteiger partial charge in [-0.25, -0.2) is 18.1 Å². The lowest BCUT2D eigenvalue weighted by Gasteiger charge is -2.18. The molecule has 1 aliphatic heterocycles. The fourth-order valence-corrected chi connectivity index (χ4v) is 3.26. The van der Waals surface area contributed by atoms with Crippen LogP contribution in [0.1, 0.15) is 17.1 Å². The number of fused-ring (bicyclic) bond motifs is 1. The molecule has 0 fully saturated rings. The second kappa shape index (κ2) is 6.42. The molecule has 3 rings (SSSR count). The Morgan fingerprint density at radius 2 is 2.09 bits per heavy atom. The van der Waals surface area contributed by atoms with Gasteiger partial charge in [0.05, 0.1) is 24.7 Å². The van der Waals surface area contributed by atoms with Gasteiger partial charge in [-0.3, -0.25) is 9.58 Å². The average molecular weight is 338 g/mol. The van der Waals surface area contributed by atoms with E-state index in [-0.39, 0.29) is 6.54 Å². The number of aromatic nitrogens is 4. The molecule has 0 bridgehead atoms. The van der Waals surface area contributed by atoms with Gasteiger partial charge in [0.25, 0.3) is 0 Å². The van der Waals surface area contributed by atoms with E-state index in [2.05, 4.69) is 24.3 Å². The molecule has 2 aromatic rings. The molecule has 0 atom stereocenters. The second-order valence-corrected chi connectivity index (χ2v) is 7.79. The SMILES string of the molecule is Cn1cc(CN2CCc3ncc(CNS(C)(=O)=O)n3CC2)cn1. The van der Waals surface area contributed by atoms with Crippen LogP contribution in [0.3, 0.4) is 0 Å². The van der Waals surface area contributed by atoms with Gasteiger partial charge in [-0.15, -0.1) is 0 Å². The first-order chi connectivity index (χ1) is 10.9. The largest absolute Gasteiger partial charge is 0.329 e. The van der Waals surface area contributed by atoms with Crippen molar-refractivity contribution in [3.05, 3.63) is 35.7 Å². The molecule has 3 heterocycles. The summed E-state index contributed by atoms with van der Waals surface area (Å²) in [5, 5.41) is 4.20. The number of hydrogen-bond donors (Lipinski definition) is 1. The number of imidazole rings is 1. The Balaban J connectivity index is 1.65. The summed E-state index contributed by atoms with van der Waals surface area (Å²) >= 11 is 0. The van der Waals surface area contributed by atoms with Gasteiger partial charge in [0, 0.05) is 57.6 Å². The van der Waals surface area contributed by atoms with Crippen molar-refractivity contribution < 1.29 is 8.42 Å². The van der Waals surface area contributed by atoms with Crippen molar-refractivity contribution in [2.75, 3.05) is 19.3 Å². The number of rotatable bonds is 5. The van der Waals surface area contributed by atoms with Gasteiger partial charge in [0.2, 0.25) is 10.0 Å². The van der Waals surface area contributed by atoms with Crippen molar-refractivity contribution >= 4 is 10.0 Å². The number of sulfonamides is 1. The monoisotopic (exact) mass is 338 g/mol. The van der Waals surface area contributed by atoms with Crippen molar-refractivity contribution in [1.29, 1.82) is 0 Å². The molecule has 0 saturated carbocycles. The van der Waals surface area contributed by atoms with Crippen LogP contribution >= 0.6 is 0 Å². The zero-order valence-corrected chi connectivity index (χ0v) is 14.3. The van der Waals surface area contributed by atoms with Crippen LogP contribution in [0.15, 0.2) is 18.6 Å². The van der Waals surface area contributed by atoms with Crippen LogP contribution in [0, 0.1) is 0 Å². The predicted octanol–water partition coefficient (Wildman–Crippen LogP) is -0.276. The molecule has 8 nitrogen and oxygen atoms in total. The summed E-state index contributed by atoms with van der Waals surface area (Å²) in [6.45, 7) is 3.81. The molecule has 23 heavy (non-hydrogen) atoms. The van der Waals surface area contributed by atoms with Crippen LogP contribution in [-0.2, 0) is 43.1 Å². The minimum absolute atomic E-state index is 0.286. The van der Waals surface area contributed by atoms with Gasteiger partial charge in [-0.05, 0) is 0 Å². The van der Waals surface area contributed by atoms with Crippen LogP contribution in [0.2, 0.25) is 0 Å². The molecule has 2 aromatic heterocycles. The molecule has 1 N–H and O–H groups in total. The molecule has 0 spiro atoms. The fraction of sp³-hybridized carbons (Fsp3) is 0.571. The van der Waals surface area contributed by atoms with Crippen LogP contribution < -0.4 is 4.72 Å². The van der Waals surface area contributed by atoms with Crippen molar-refractivity contribution in [1.82, 2.24) is 29.0 Å². The maximum atomic E-state index is 11.3. The highest BCUT2D eigenvalue weighted by atomic mass is 32.2. The summed E-state index contributed by atoms with van der Waals surface area (Å²) in [6, 6.07) is 0. The van der Waals surface area contributed by atoms with Crippen LogP contribution in [0.25, 0.3) is 0 Å². The molecule has 0 saturated heterocycles. The first-order valence-electron chi connectivity index (χ1n) is 7.58. The molecule has 9 heteroatoms. The zero-order chi connectivity index (χ0) is 16.4. The molecular formula is C14H22N6O2S. The Morgan fingerprint density at radius 1 is 1.26 bits per heavy atom. The lowest BCUT2D eigenvalue weighted by atomic mass is 10.3. The topological polar surface area (TPSA) is 85.0 Å². The quantitative estimate of drug-likeness (QED) is 0.811. The molecule has 1 aliphatic rings. The van der Waals surface area contributed by atoms with Gasteiger partial charge in [0.15, 0.2) is 0 Å². The lowest BCUT2D eigenvalue weighted by molar-refractivity contribution is 0.271. The molecule has 0 radical (unpaired) electrons. The highest BCUT2D eigenvalue weighted by Gasteiger charge is 2.18. The van der Waals surface area contributed by atoms with E-state index < -0.39 is 10.0 Å². The Morgan fingerprint density at radius 3 is 2.78 bits per heavy atom. The van der Waals surface area contributed by atoms with Gasteiger partial charge < -0.3 is 4.57 Å². The molecular weight excluding hydrogens is 316 g/mol. The van der Waals surface area contributed by atoms with E-state index in [1.165, 1.54) is 11.8 Å². The predicted molar refractivity (Wildman–Crippen MR) is 86.1 cm³/mol. The third-order valence-electron chi connectivity index (χ3n) is 3.99. The molecule has 126 valence electrons. The zero-order valence-electron chi connectivity index (χ0n) is 13.4. The van der Waals surface area contributed by atoms with E-state index >= 15 is 0 Å². The highest BCUT2D eigenvalue weighted by molar-refractivity contribution is 7.88. The van der Waals surface area contributed by atoms with Gasteiger partial charge >= 0.3 is 0 Å². The Labute approximate surface area is 136 Å². The normalized spacial score (nSPS) is 16.3. The summed E-state index contributed by atoms with van der Waals surface area (Å²) in [5.41, 5.74) is 2.11. The first kappa shape index (κ1) is 16.2. The van der Waals surface area contributed by atoms with E-state index in [9.17, 15) is 8.42 Å². The minimum Gasteiger partial charge on any atom is -0.329 e. The van der Waals surface area contributed by atoms with E-state index in [4.69, 9.17) is 0 Å². The molecule has 0 amide bonds. The van der Waals surface area contributed by atoms with Gasteiger partial charge in [-0.2, -0.15) is 5.10 Å². The third kappa shape index (κ3) is 4.18. The Hall–Kier alpha value is -1.71. The summed E-state index contributed by atoms with van der Waals surface area (Å²) in [5.74, 6) is 1.02. The van der Waals surface area contributed by atoms with E-state index in [0.717, 1.165) is 44.1 Å². The fourth-order valence-electron chi connectivity index (χ4n) is 2.85. The standard InChI is InChI=1S/C14H22N6O2S/c1-18-10-12(7-16-18)11-19-4-3-14-15-8-13(20(14)6-5-19)9-17-23(2,21)22/h7-8,10,17H,3-6,9,11H2,1-2H3. The van der Waals surface area contributed by atoms with Crippen molar-refractivity contribution in [3.8, 4) is 0 Å². The maximum Gasteiger partial charge on any atom is 0.209 e. The second-order valence-electron chi connectivity index (χ2n) is 5.96. The summed E-state index contributed by atoms with van der Waals surface area (Å²) < 4.78 is 29.0. The number of nitrogens with one attached hydrogen (secondary N) is 1.